The summed E-state index contributed by atoms with van der Waals surface area (Å²) in [4.78, 5) is 8.52. The van der Waals surface area contributed by atoms with Crippen LogP contribution in [0, 0.1) is 0 Å². The first-order valence-corrected chi connectivity index (χ1v) is 5.68. The maximum absolute atomic E-state index is 8.52. The Kier molecular flexibility index (Phi) is 1.46. The molecular formula is C2H8OSSi. The van der Waals surface area contributed by atoms with E-state index in [2.05, 4.69) is 12.1 Å². The van der Waals surface area contributed by atoms with Gasteiger partial charge in [-0.1, -0.05) is 0 Å². The van der Waals surface area contributed by atoms with Gasteiger partial charge in [-0.05, 0) is 13.1 Å². The Hall–Kier alpha value is 0.527. The van der Waals surface area contributed by atoms with Crippen molar-refractivity contribution in [2.24, 2.45) is 0 Å². The van der Waals surface area contributed by atoms with Crippen molar-refractivity contribution >= 4 is 19.5 Å². The highest BCUT2D eigenvalue weighted by Gasteiger charge is 2.05. The molecule has 0 atom stereocenters. The quantitative estimate of drug-likeness (QED) is 0.344. The summed E-state index contributed by atoms with van der Waals surface area (Å²) in [5.74, 6) is 0. The van der Waals surface area contributed by atoms with Crippen LogP contribution in [-0.4, -0.2) is 12.3 Å². The van der Waals surface area contributed by atoms with E-state index in [1.54, 1.807) is 13.1 Å². The molecule has 0 aromatic rings. The molecule has 0 unspecified atom stereocenters. The zero-order valence-electron chi connectivity index (χ0n) is 3.39. The zero-order valence-corrected chi connectivity index (χ0v) is 5.29. The fourth-order valence-electron chi connectivity index (χ4n) is 0. The summed E-state index contributed by atoms with van der Waals surface area (Å²) in [6.07, 6.45) is 0. The second-order valence-electron chi connectivity index (χ2n) is 1.49. The van der Waals surface area contributed by atoms with Crippen LogP contribution >= 0.6 is 12.1 Å². The van der Waals surface area contributed by atoms with Crippen molar-refractivity contribution in [2.75, 3.05) is 0 Å². The fourth-order valence-corrected chi connectivity index (χ4v) is 0. The smallest absolute Gasteiger partial charge is 0.241 e. The molecule has 0 aliphatic heterocycles. The Balaban J connectivity index is 3.02. The highest BCUT2D eigenvalue weighted by atomic mass is 32.3. The summed E-state index contributed by atoms with van der Waals surface area (Å²) in [5, 5.41) is 0. The lowest BCUT2D eigenvalue weighted by Crippen LogP contribution is -2.13. The third-order valence-electron chi connectivity index (χ3n) is 0. The molecule has 1 nitrogen and oxygen atoms in total. The summed E-state index contributed by atoms with van der Waals surface area (Å²) in [7, 11) is -1.92. The van der Waals surface area contributed by atoms with Crippen LogP contribution in [0.3, 0.4) is 0 Å². The molecule has 0 amide bonds. The van der Waals surface area contributed by atoms with Crippen molar-refractivity contribution in [3.8, 4) is 0 Å². The van der Waals surface area contributed by atoms with Gasteiger partial charge in [0.2, 0.25) is 7.47 Å². The van der Waals surface area contributed by atoms with Gasteiger partial charge in [-0.3, -0.25) is 0 Å². The lowest BCUT2D eigenvalue weighted by molar-refractivity contribution is 0.580. The van der Waals surface area contributed by atoms with Gasteiger partial charge in [0.15, 0.2) is 0 Å². The van der Waals surface area contributed by atoms with E-state index in [0.717, 1.165) is 0 Å². The Morgan fingerprint density at radius 3 is 1.60 bits per heavy atom. The zero-order chi connectivity index (χ0) is 4.50. The van der Waals surface area contributed by atoms with Crippen molar-refractivity contribution in [2.45, 2.75) is 13.1 Å². The predicted octanol–water partition coefficient (Wildman–Crippen LogP) is 0.610. The third kappa shape index (κ3) is 104. The van der Waals surface area contributed by atoms with Crippen LogP contribution in [0.4, 0.5) is 0 Å². The van der Waals surface area contributed by atoms with Crippen LogP contribution in [0.15, 0.2) is 0 Å². The number of hydrogen-bond donors (Lipinski definition) is 2. The minimum absolute atomic E-state index is 1.75. The van der Waals surface area contributed by atoms with Crippen molar-refractivity contribution in [3.63, 3.8) is 0 Å². The molecule has 0 spiro atoms. The van der Waals surface area contributed by atoms with Crippen LogP contribution in [0.1, 0.15) is 0 Å². The van der Waals surface area contributed by atoms with Crippen molar-refractivity contribution in [1.29, 1.82) is 0 Å². The SMILES string of the molecule is C[Si](C)(O)S. The number of rotatable bonds is 0. The van der Waals surface area contributed by atoms with Gasteiger partial charge in [0.1, 0.15) is 0 Å². The molecule has 0 bridgehead atoms. The van der Waals surface area contributed by atoms with E-state index in [1.807, 2.05) is 0 Å². The molecule has 0 saturated carbocycles. The maximum atomic E-state index is 8.52. The largest absolute Gasteiger partial charge is 0.423 e. The third-order valence-corrected chi connectivity index (χ3v) is 0. The van der Waals surface area contributed by atoms with E-state index in [-0.39, 0.29) is 0 Å². The van der Waals surface area contributed by atoms with Gasteiger partial charge in [0.05, 0.1) is 0 Å². The van der Waals surface area contributed by atoms with Crippen molar-refractivity contribution < 1.29 is 4.80 Å². The first-order valence-electron chi connectivity index (χ1n) is 1.45. The molecule has 5 heavy (non-hydrogen) atoms. The average molecular weight is 108 g/mol. The van der Waals surface area contributed by atoms with Crippen molar-refractivity contribution in [3.05, 3.63) is 0 Å². The molecule has 0 fully saturated rings. The highest BCUT2D eigenvalue weighted by molar-refractivity contribution is 8.13. The molecule has 32 valence electrons. The molecule has 3 heteroatoms. The summed E-state index contributed by atoms with van der Waals surface area (Å²) < 4.78 is 0. The van der Waals surface area contributed by atoms with E-state index >= 15 is 0 Å². The minimum atomic E-state index is -1.92. The molecule has 0 aliphatic rings. The molecule has 0 aliphatic carbocycles. The van der Waals surface area contributed by atoms with Gasteiger partial charge in [0.25, 0.3) is 0 Å². The monoisotopic (exact) mass is 108 g/mol. The number of thiol groups is 1. The van der Waals surface area contributed by atoms with Gasteiger partial charge in [0, 0.05) is 0 Å². The maximum Gasteiger partial charge on any atom is 0.241 e. The first-order chi connectivity index (χ1) is 2.00. The van der Waals surface area contributed by atoms with Crippen LogP contribution < -0.4 is 0 Å². The molecule has 0 aromatic heterocycles. The van der Waals surface area contributed by atoms with Crippen LogP contribution in [0.25, 0.3) is 0 Å². The molecular weight excluding hydrogens is 100 g/mol. The molecule has 0 aromatic carbocycles. The van der Waals surface area contributed by atoms with Gasteiger partial charge in [-0.25, -0.2) is 0 Å². The molecule has 0 saturated heterocycles. The van der Waals surface area contributed by atoms with Gasteiger partial charge in [-0.2, -0.15) is 12.1 Å². The van der Waals surface area contributed by atoms with E-state index in [4.69, 9.17) is 4.80 Å². The molecule has 0 heterocycles. The van der Waals surface area contributed by atoms with Crippen LogP contribution in [0.5, 0.6) is 0 Å². The van der Waals surface area contributed by atoms with E-state index in [1.165, 1.54) is 0 Å². The fraction of sp³-hybridized carbons (Fsp3) is 1.00. The van der Waals surface area contributed by atoms with Crippen LogP contribution in [0.2, 0.25) is 13.1 Å². The van der Waals surface area contributed by atoms with Gasteiger partial charge >= 0.3 is 0 Å². The Morgan fingerprint density at radius 1 is 1.60 bits per heavy atom. The first kappa shape index (κ1) is 5.53. The summed E-state index contributed by atoms with van der Waals surface area (Å²) in [6.45, 7) is 3.49. The van der Waals surface area contributed by atoms with Crippen LogP contribution in [-0.2, 0) is 0 Å². The topological polar surface area (TPSA) is 20.2 Å². The number of hydrogen-bond acceptors (Lipinski definition) is 2. The highest BCUT2D eigenvalue weighted by Crippen LogP contribution is 1.97. The second kappa shape index (κ2) is 1.32. The molecule has 1 N–H and O–H groups in total. The average Bonchev–Trinajstić information content (AvgIpc) is 0.722. The Bertz CT molecular complexity index is 25.1. The predicted molar refractivity (Wildman–Crippen MR) is 28.7 cm³/mol. The van der Waals surface area contributed by atoms with E-state index < -0.39 is 7.47 Å². The summed E-state index contributed by atoms with van der Waals surface area (Å²) in [5.41, 5.74) is 0. The standard InChI is InChI=1S/C2H8OSSi/c1-5(2,3)4/h3-4H,1-2H3. The van der Waals surface area contributed by atoms with Gasteiger partial charge < -0.3 is 4.80 Å². The second-order valence-corrected chi connectivity index (χ2v) is 7.77. The minimum Gasteiger partial charge on any atom is -0.423 e. The Morgan fingerprint density at radius 2 is 1.60 bits per heavy atom. The van der Waals surface area contributed by atoms with E-state index in [0.29, 0.717) is 0 Å². The summed E-state index contributed by atoms with van der Waals surface area (Å²) in [6, 6.07) is 0. The van der Waals surface area contributed by atoms with Gasteiger partial charge in [-0.15, -0.1) is 0 Å². The van der Waals surface area contributed by atoms with Crippen molar-refractivity contribution in [1.82, 2.24) is 0 Å². The lowest BCUT2D eigenvalue weighted by atomic mass is 11.9. The lowest BCUT2D eigenvalue weighted by Gasteiger charge is -1.98. The molecule has 0 rings (SSSR count). The molecule has 0 radical (unpaired) electrons. The normalized spacial score (nSPS) is 12.0. The van der Waals surface area contributed by atoms with E-state index in [9.17, 15) is 0 Å². The summed E-state index contributed by atoms with van der Waals surface area (Å²) >= 11 is 3.82. The Labute approximate surface area is 38.2 Å².